The standard InChI is InChI=1S/C16H21N3O/c1-16(2)7-6-15(20-16)11-19-10-13(9-18-19)12-4-3-5-14(17)8-12/h3-5,8-10,15H,6-7,11,17H2,1-2H3. The third-order valence-corrected chi connectivity index (χ3v) is 3.80. The largest absolute Gasteiger partial charge is 0.399 e. The van der Waals surface area contributed by atoms with Crippen molar-refractivity contribution in [3.05, 3.63) is 36.7 Å². The fraction of sp³-hybridized carbons (Fsp3) is 0.438. The van der Waals surface area contributed by atoms with Crippen LogP contribution in [0, 0.1) is 0 Å². The minimum absolute atomic E-state index is 0.00846. The van der Waals surface area contributed by atoms with Gasteiger partial charge in [-0.15, -0.1) is 0 Å². The van der Waals surface area contributed by atoms with E-state index in [1.54, 1.807) is 0 Å². The first-order chi connectivity index (χ1) is 9.52. The number of hydrogen-bond donors (Lipinski definition) is 1. The number of rotatable bonds is 3. The molecule has 1 aliphatic heterocycles. The maximum Gasteiger partial charge on any atom is 0.0779 e. The molecular formula is C16H21N3O. The highest BCUT2D eigenvalue weighted by atomic mass is 16.5. The lowest BCUT2D eigenvalue weighted by Crippen LogP contribution is -2.23. The molecule has 2 heterocycles. The zero-order chi connectivity index (χ0) is 14.2. The summed E-state index contributed by atoms with van der Waals surface area (Å²) < 4.78 is 7.97. The van der Waals surface area contributed by atoms with Gasteiger partial charge in [0.05, 0.1) is 24.4 Å². The van der Waals surface area contributed by atoms with Gasteiger partial charge in [0.2, 0.25) is 0 Å². The Morgan fingerprint density at radius 3 is 2.95 bits per heavy atom. The van der Waals surface area contributed by atoms with Gasteiger partial charge in [-0.3, -0.25) is 4.68 Å². The average Bonchev–Trinajstić information content (AvgIpc) is 2.97. The molecule has 0 radical (unpaired) electrons. The van der Waals surface area contributed by atoms with E-state index in [4.69, 9.17) is 10.5 Å². The van der Waals surface area contributed by atoms with Crippen LogP contribution in [0.1, 0.15) is 26.7 Å². The molecule has 1 aromatic heterocycles. The van der Waals surface area contributed by atoms with Crippen molar-refractivity contribution in [3.8, 4) is 11.1 Å². The molecule has 1 aliphatic rings. The Morgan fingerprint density at radius 1 is 1.40 bits per heavy atom. The van der Waals surface area contributed by atoms with E-state index in [0.29, 0.717) is 0 Å². The Hall–Kier alpha value is -1.81. The van der Waals surface area contributed by atoms with Crippen LogP contribution in [0.4, 0.5) is 5.69 Å². The first-order valence-corrected chi connectivity index (χ1v) is 7.08. The monoisotopic (exact) mass is 271 g/mol. The average molecular weight is 271 g/mol. The second-order valence-electron chi connectivity index (χ2n) is 6.11. The van der Waals surface area contributed by atoms with Gasteiger partial charge in [0.25, 0.3) is 0 Å². The third kappa shape index (κ3) is 2.85. The number of ether oxygens (including phenoxy) is 1. The van der Waals surface area contributed by atoms with Gasteiger partial charge in [-0.25, -0.2) is 0 Å². The van der Waals surface area contributed by atoms with E-state index in [1.165, 1.54) is 0 Å². The number of aromatic nitrogens is 2. The first-order valence-electron chi connectivity index (χ1n) is 7.08. The molecule has 2 aromatic rings. The highest BCUT2D eigenvalue weighted by Gasteiger charge is 2.31. The summed E-state index contributed by atoms with van der Waals surface area (Å²) >= 11 is 0. The van der Waals surface area contributed by atoms with Crippen molar-refractivity contribution in [1.82, 2.24) is 9.78 Å². The van der Waals surface area contributed by atoms with Crippen molar-refractivity contribution in [2.45, 2.75) is 44.9 Å². The zero-order valence-electron chi connectivity index (χ0n) is 12.0. The van der Waals surface area contributed by atoms with Gasteiger partial charge in [-0.05, 0) is 44.4 Å². The molecule has 4 nitrogen and oxygen atoms in total. The van der Waals surface area contributed by atoms with Gasteiger partial charge in [-0.2, -0.15) is 5.10 Å². The molecular weight excluding hydrogens is 250 g/mol. The van der Waals surface area contributed by atoms with Gasteiger partial charge in [-0.1, -0.05) is 12.1 Å². The van der Waals surface area contributed by atoms with Crippen molar-refractivity contribution in [1.29, 1.82) is 0 Å². The van der Waals surface area contributed by atoms with Gasteiger partial charge in [0, 0.05) is 17.4 Å². The van der Waals surface area contributed by atoms with Crippen LogP contribution in [-0.2, 0) is 11.3 Å². The van der Waals surface area contributed by atoms with Crippen LogP contribution in [0.2, 0.25) is 0 Å². The lowest BCUT2D eigenvalue weighted by molar-refractivity contribution is -0.0229. The van der Waals surface area contributed by atoms with E-state index in [1.807, 2.05) is 35.1 Å². The molecule has 20 heavy (non-hydrogen) atoms. The van der Waals surface area contributed by atoms with Crippen LogP contribution in [-0.4, -0.2) is 21.5 Å². The minimum atomic E-state index is 0.00846. The molecule has 4 heteroatoms. The van der Waals surface area contributed by atoms with Crippen molar-refractivity contribution >= 4 is 5.69 Å². The molecule has 0 saturated carbocycles. The fourth-order valence-corrected chi connectivity index (χ4v) is 2.75. The predicted octanol–water partition coefficient (Wildman–Crippen LogP) is 3.09. The Kier molecular flexibility index (Phi) is 3.26. The van der Waals surface area contributed by atoms with Crippen LogP contribution in [0.25, 0.3) is 11.1 Å². The highest BCUT2D eigenvalue weighted by molar-refractivity contribution is 5.65. The summed E-state index contributed by atoms with van der Waals surface area (Å²) in [5.41, 5.74) is 8.79. The predicted molar refractivity (Wildman–Crippen MR) is 80.3 cm³/mol. The molecule has 1 fully saturated rings. The lowest BCUT2D eigenvalue weighted by atomic mass is 10.1. The number of hydrogen-bond acceptors (Lipinski definition) is 3. The van der Waals surface area contributed by atoms with Gasteiger partial charge in [0.15, 0.2) is 0 Å². The molecule has 0 amide bonds. The normalized spacial score (nSPS) is 21.2. The van der Waals surface area contributed by atoms with E-state index < -0.39 is 0 Å². The van der Waals surface area contributed by atoms with Gasteiger partial charge >= 0.3 is 0 Å². The van der Waals surface area contributed by atoms with Crippen molar-refractivity contribution in [2.75, 3.05) is 5.73 Å². The summed E-state index contributed by atoms with van der Waals surface area (Å²) in [6.07, 6.45) is 6.42. The topological polar surface area (TPSA) is 53.1 Å². The SMILES string of the molecule is CC1(C)CCC(Cn2cc(-c3cccc(N)c3)cn2)O1. The van der Waals surface area contributed by atoms with E-state index >= 15 is 0 Å². The maximum absolute atomic E-state index is 6.01. The van der Waals surface area contributed by atoms with Crippen LogP contribution in [0.5, 0.6) is 0 Å². The van der Waals surface area contributed by atoms with Crippen LogP contribution >= 0.6 is 0 Å². The number of anilines is 1. The third-order valence-electron chi connectivity index (χ3n) is 3.80. The fourth-order valence-electron chi connectivity index (χ4n) is 2.75. The number of nitrogens with zero attached hydrogens (tertiary/aromatic N) is 2. The quantitative estimate of drug-likeness (QED) is 0.873. The van der Waals surface area contributed by atoms with E-state index in [-0.39, 0.29) is 11.7 Å². The van der Waals surface area contributed by atoms with E-state index in [2.05, 4.69) is 25.1 Å². The van der Waals surface area contributed by atoms with Crippen molar-refractivity contribution in [2.24, 2.45) is 0 Å². The van der Waals surface area contributed by atoms with E-state index in [0.717, 1.165) is 36.2 Å². The Morgan fingerprint density at radius 2 is 2.25 bits per heavy atom. The molecule has 0 spiro atoms. The second kappa shape index (κ2) is 4.94. The Balaban J connectivity index is 1.71. The molecule has 106 valence electrons. The van der Waals surface area contributed by atoms with Gasteiger partial charge in [0.1, 0.15) is 0 Å². The first kappa shape index (κ1) is 13.2. The molecule has 3 rings (SSSR count). The van der Waals surface area contributed by atoms with Crippen molar-refractivity contribution < 1.29 is 4.74 Å². The summed E-state index contributed by atoms with van der Waals surface area (Å²) in [5.74, 6) is 0. The highest BCUT2D eigenvalue weighted by Crippen LogP contribution is 2.30. The second-order valence-corrected chi connectivity index (χ2v) is 6.11. The molecule has 1 saturated heterocycles. The molecule has 2 N–H and O–H groups in total. The number of nitrogens with two attached hydrogens (primary N) is 1. The van der Waals surface area contributed by atoms with Gasteiger partial charge < -0.3 is 10.5 Å². The molecule has 1 aromatic carbocycles. The summed E-state index contributed by atoms with van der Waals surface area (Å²) in [7, 11) is 0. The van der Waals surface area contributed by atoms with Crippen LogP contribution in [0.15, 0.2) is 36.7 Å². The smallest absolute Gasteiger partial charge is 0.0779 e. The summed E-state index contributed by atoms with van der Waals surface area (Å²) in [6.45, 7) is 5.11. The summed E-state index contributed by atoms with van der Waals surface area (Å²) in [4.78, 5) is 0. The molecule has 0 aliphatic carbocycles. The van der Waals surface area contributed by atoms with Crippen molar-refractivity contribution in [3.63, 3.8) is 0 Å². The summed E-state index contributed by atoms with van der Waals surface area (Å²) in [6, 6.07) is 7.87. The maximum atomic E-state index is 6.01. The molecule has 1 unspecified atom stereocenters. The zero-order valence-corrected chi connectivity index (χ0v) is 12.0. The lowest BCUT2D eigenvalue weighted by Gasteiger charge is -2.19. The number of benzene rings is 1. The van der Waals surface area contributed by atoms with Crippen LogP contribution in [0.3, 0.4) is 0 Å². The van der Waals surface area contributed by atoms with E-state index in [9.17, 15) is 0 Å². The molecule has 1 atom stereocenters. The Bertz CT molecular complexity index is 603. The summed E-state index contributed by atoms with van der Waals surface area (Å²) in [5, 5.41) is 4.43. The Labute approximate surface area is 119 Å². The number of nitrogen functional groups attached to an aromatic ring is 1. The minimum Gasteiger partial charge on any atom is -0.399 e. The molecule has 0 bridgehead atoms. The van der Waals surface area contributed by atoms with Crippen LogP contribution < -0.4 is 5.73 Å².